The van der Waals surface area contributed by atoms with Gasteiger partial charge in [0.2, 0.25) is 0 Å². The van der Waals surface area contributed by atoms with Gasteiger partial charge in [0.25, 0.3) is 5.49 Å². The number of nitrogens with zero attached hydrogens (tertiary/aromatic N) is 5. The van der Waals surface area contributed by atoms with Gasteiger partial charge in [-0.2, -0.15) is 0 Å². The Morgan fingerprint density at radius 3 is 2.42 bits per heavy atom. The Labute approximate surface area is 137 Å². The highest BCUT2D eigenvalue weighted by molar-refractivity contribution is 5.39. The lowest BCUT2D eigenvalue weighted by atomic mass is 10.2. The molecule has 0 aliphatic carbocycles. The molecule has 1 N–H and O–H groups in total. The molecule has 1 aromatic heterocycles. The third-order valence-electron chi connectivity index (χ3n) is 3.50. The number of hydrogen-bond acceptors (Lipinski definition) is 5. The highest BCUT2D eigenvalue weighted by atomic mass is 16.6. The van der Waals surface area contributed by atoms with E-state index in [1.807, 2.05) is 19.1 Å². The van der Waals surface area contributed by atoms with Crippen molar-refractivity contribution < 1.29 is 10.1 Å². The van der Waals surface area contributed by atoms with E-state index in [9.17, 15) is 15.3 Å². The van der Waals surface area contributed by atoms with Crippen molar-refractivity contribution in [1.82, 2.24) is 14.7 Å². The van der Waals surface area contributed by atoms with Crippen molar-refractivity contribution in [2.45, 2.75) is 13.3 Å². The molecule has 0 amide bonds. The lowest BCUT2D eigenvalue weighted by Crippen LogP contribution is -2.21. The fourth-order valence-corrected chi connectivity index (χ4v) is 2.23. The summed E-state index contributed by atoms with van der Waals surface area (Å²) in [7, 11) is 0. The summed E-state index contributed by atoms with van der Waals surface area (Å²) in [5, 5.41) is 25.4. The molecule has 0 unspecified atom stereocenters. The Morgan fingerprint density at radius 1 is 1.17 bits per heavy atom. The molecule has 2 aromatic carbocycles. The second-order valence-corrected chi connectivity index (χ2v) is 5.05. The average Bonchev–Trinajstić information content (AvgIpc) is 2.93. The van der Waals surface area contributed by atoms with Gasteiger partial charge in [-0.05, 0) is 46.0 Å². The van der Waals surface area contributed by atoms with Crippen LogP contribution in [0.3, 0.4) is 0 Å². The van der Waals surface area contributed by atoms with Crippen LogP contribution >= 0.6 is 0 Å². The van der Waals surface area contributed by atoms with Crippen molar-refractivity contribution >= 4 is 11.5 Å². The van der Waals surface area contributed by atoms with Gasteiger partial charge in [0, 0.05) is 0 Å². The van der Waals surface area contributed by atoms with Crippen molar-refractivity contribution in [3.63, 3.8) is 0 Å². The molecule has 1 heterocycles. The smallest absolute Gasteiger partial charge is 0.409 e. The molecule has 0 saturated carbocycles. The van der Waals surface area contributed by atoms with Gasteiger partial charge >= 0.3 is 5.82 Å². The average molecular weight is 325 g/mol. The number of nitro groups is 1. The summed E-state index contributed by atoms with van der Waals surface area (Å²) in [5.74, 6) is -0.527. The Bertz CT molecular complexity index is 927. The van der Waals surface area contributed by atoms with Crippen LogP contribution in [-0.2, 0) is 6.42 Å². The fourth-order valence-electron chi connectivity index (χ4n) is 2.23. The molecule has 0 aliphatic heterocycles. The van der Waals surface area contributed by atoms with E-state index in [0.29, 0.717) is 16.2 Å². The van der Waals surface area contributed by atoms with Crippen molar-refractivity contribution in [1.29, 1.82) is 0 Å². The number of aromatic nitrogens is 3. The molecule has 0 spiro atoms. The first-order valence-electron chi connectivity index (χ1n) is 7.35. The summed E-state index contributed by atoms with van der Waals surface area (Å²) < 4.78 is 0. The number of aryl methyl sites for hydroxylation is 1. The first-order chi connectivity index (χ1) is 11.6. The molecular weight excluding hydrogens is 310 g/mol. The van der Waals surface area contributed by atoms with Crippen LogP contribution in [0.1, 0.15) is 12.5 Å². The lowest BCUT2D eigenvalue weighted by Gasteiger charge is -1.99. The van der Waals surface area contributed by atoms with E-state index in [1.165, 1.54) is 0 Å². The molecule has 0 aliphatic rings. The fraction of sp³-hybridized carbons (Fsp3) is 0.125. The third kappa shape index (κ3) is 2.89. The van der Waals surface area contributed by atoms with E-state index in [2.05, 4.69) is 10.1 Å². The maximum Gasteiger partial charge on any atom is 0.438 e. The van der Waals surface area contributed by atoms with E-state index in [4.69, 9.17) is 0 Å². The first kappa shape index (κ1) is 15.5. The van der Waals surface area contributed by atoms with Gasteiger partial charge in [0.1, 0.15) is 5.69 Å². The molecule has 0 bridgehead atoms. The van der Waals surface area contributed by atoms with Gasteiger partial charge in [-0.1, -0.05) is 42.1 Å². The number of rotatable bonds is 4. The van der Waals surface area contributed by atoms with Crippen LogP contribution in [0.2, 0.25) is 0 Å². The summed E-state index contributed by atoms with van der Waals surface area (Å²) in [6.45, 7) is 2.03. The zero-order valence-corrected chi connectivity index (χ0v) is 12.9. The SMILES string of the molecule is CCc1ccc(N=c2c([N+](=O)[O-])nn(-c3ccccc3)n2O)cc1. The minimum Gasteiger partial charge on any atom is -0.409 e. The molecule has 24 heavy (non-hydrogen) atoms. The van der Waals surface area contributed by atoms with E-state index < -0.39 is 10.7 Å². The van der Waals surface area contributed by atoms with Gasteiger partial charge in [-0.3, -0.25) is 0 Å². The van der Waals surface area contributed by atoms with Gasteiger partial charge in [0.15, 0.2) is 0 Å². The Kier molecular flexibility index (Phi) is 4.11. The summed E-state index contributed by atoms with van der Waals surface area (Å²) in [6.07, 6.45) is 0.881. The van der Waals surface area contributed by atoms with Crippen LogP contribution in [0.4, 0.5) is 11.5 Å². The number of para-hydroxylation sites is 1. The predicted octanol–water partition coefficient (Wildman–Crippen LogP) is 2.61. The summed E-state index contributed by atoms with van der Waals surface area (Å²) >= 11 is 0. The van der Waals surface area contributed by atoms with Gasteiger partial charge in [-0.25, -0.2) is 4.99 Å². The molecule has 0 saturated heterocycles. The molecule has 8 heteroatoms. The molecule has 8 nitrogen and oxygen atoms in total. The topological polar surface area (TPSA) is 98.5 Å². The third-order valence-corrected chi connectivity index (χ3v) is 3.50. The summed E-state index contributed by atoms with van der Waals surface area (Å²) in [5.41, 5.74) is 1.85. The largest absolute Gasteiger partial charge is 0.438 e. The minimum absolute atomic E-state index is 0.242. The maximum atomic E-state index is 11.3. The Hall–Kier alpha value is -3.42. The van der Waals surface area contributed by atoms with E-state index in [-0.39, 0.29) is 5.49 Å². The van der Waals surface area contributed by atoms with Crippen LogP contribution in [-0.4, -0.2) is 24.9 Å². The van der Waals surface area contributed by atoms with Crippen molar-refractivity contribution in [3.05, 3.63) is 75.8 Å². The van der Waals surface area contributed by atoms with Crippen LogP contribution in [0.5, 0.6) is 0 Å². The van der Waals surface area contributed by atoms with Crippen LogP contribution in [0.15, 0.2) is 59.6 Å². The highest BCUT2D eigenvalue weighted by Gasteiger charge is 2.23. The molecule has 122 valence electrons. The molecule has 3 aromatic rings. The van der Waals surface area contributed by atoms with Crippen molar-refractivity contribution in [2.24, 2.45) is 4.99 Å². The standard InChI is InChI=1S/C16H15N5O3/c1-2-12-8-10-13(11-9-12)17-15-16(21(23)24)18-19(20(15)22)14-6-4-3-5-7-14/h3-11,22H,2H2,1H3. The summed E-state index contributed by atoms with van der Waals surface area (Å²) in [6, 6.07) is 15.9. The highest BCUT2D eigenvalue weighted by Crippen LogP contribution is 2.14. The van der Waals surface area contributed by atoms with Gasteiger partial charge in [-0.15, -0.1) is 0 Å². The monoisotopic (exact) mass is 325 g/mol. The van der Waals surface area contributed by atoms with Crippen molar-refractivity contribution in [2.75, 3.05) is 0 Å². The first-order valence-corrected chi connectivity index (χ1v) is 7.35. The van der Waals surface area contributed by atoms with Crippen molar-refractivity contribution in [3.8, 4) is 5.69 Å². The van der Waals surface area contributed by atoms with Crippen LogP contribution in [0.25, 0.3) is 5.69 Å². The van der Waals surface area contributed by atoms with Gasteiger partial charge < -0.3 is 15.3 Å². The molecule has 0 fully saturated rings. The quantitative estimate of drug-likeness (QED) is 0.453. The maximum absolute atomic E-state index is 11.3. The van der Waals surface area contributed by atoms with Crippen LogP contribution in [0, 0.1) is 10.1 Å². The molecule has 0 radical (unpaired) electrons. The van der Waals surface area contributed by atoms with E-state index >= 15 is 0 Å². The molecular formula is C16H15N5O3. The lowest BCUT2D eigenvalue weighted by molar-refractivity contribution is -0.391. The van der Waals surface area contributed by atoms with E-state index in [0.717, 1.165) is 16.8 Å². The second-order valence-electron chi connectivity index (χ2n) is 5.05. The molecule has 3 rings (SSSR count). The van der Waals surface area contributed by atoms with Gasteiger partial charge in [0.05, 0.1) is 10.8 Å². The summed E-state index contributed by atoms with van der Waals surface area (Å²) in [4.78, 5) is 16.3. The normalized spacial score (nSPS) is 11.6. The van der Waals surface area contributed by atoms with E-state index in [1.54, 1.807) is 42.5 Å². The Balaban J connectivity index is 2.17. The molecule has 0 atom stereocenters. The minimum atomic E-state index is -0.675. The van der Waals surface area contributed by atoms with Crippen LogP contribution < -0.4 is 5.49 Å². The number of benzene rings is 2. The Morgan fingerprint density at radius 2 is 1.83 bits per heavy atom. The second kappa shape index (κ2) is 6.37. The predicted molar refractivity (Wildman–Crippen MR) is 86.4 cm³/mol. The zero-order chi connectivity index (χ0) is 17.1. The zero-order valence-electron chi connectivity index (χ0n) is 12.9. The number of hydrogen-bond donors (Lipinski definition) is 1.